The molecule has 4 rings (SSSR count). The van der Waals surface area contributed by atoms with Crippen molar-refractivity contribution in [3.8, 4) is 0 Å². The van der Waals surface area contributed by atoms with E-state index in [4.69, 9.17) is 4.42 Å². The highest BCUT2D eigenvalue weighted by molar-refractivity contribution is 5.98. The molecule has 1 aliphatic heterocycles. The Labute approximate surface area is 145 Å². The molecule has 1 atom stereocenters. The lowest BCUT2D eigenvalue weighted by atomic mass is 9.95. The molecule has 0 radical (unpaired) electrons. The normalized spacial score (nSPS) is 16.7. The van der Waals surface area contributed by atoms with Crippen LogP contribution in [0.3, 0.4) is 0 Å². The molecule has 4 nitrogen and oxygen atoms in total. The van der Waals surface area contributed by atoms with Gasteiger partial charge in [-0.25, -0.2) is 0 Å². The topological polar surface area (TPSA) is 50.5 Å². The van der Waals surface area contributed by atoms with E-state index in [1.165, 1.54) is 5.56 Å². The highest BCUT2D eigenvalue weighted by Crippen LogP contribution is 2.37. The second kappa shape index (κ2) is 5.59. The van der Waals surface area contributed by atoms with Gasteiger partial charge in [0.25, 0.3) is 5.91 Å². The van der Waals surface area contributed by atoms with Crippen molar-refractivity contribution in [3.63, 3.8) is 0 Å². The number of amides is 1. The van der Waals surface area contributed by atoms with Gasteiger partial charge in [-0.1, -0.05) is 50.2 Å². The Morgan fingerprint density at radius 1 is 1.00 bits per heavy atom. The van der Waals surface area contributed by atoms with Crippen molar-refractivity contribution in [2.75, 3.05) is 7.05 Å². The molecule has 0 N–H and O–H groups in total. The zero-order chi connectivity index (χ0) is 17.7. The van der Waals surface area contributed by atoms with Crippen LogP contribution in [0.5, 0.6) is 0 Å². The van der Waals surface area contributed by atoms with Gasteiger partial charge >= 0.3 is 0 Å². The van der Waals surface area contributed by atoms with E-state index in [2.05, 4.69) is 26.0 Å². The van der Waals surface area contributed by atoms with E-state index < -0.39 is 6.04 Å². The van der Waals surface area contributed by atoms with Crippen LogP contribution in [0.2, 0.25) is 0 Å². The average molecular weight is 333 g/mol. The number of benzene rings is 2. The predicted molar refractivity (Wildman–Crippen MR) is 97.0 cm³/mol. The van der Waals surface area contributed by atoms with E-state index in [0.717, 1.165) is 5.56 Å². The lowest BCUT2D eigenvalue weighted by Gasteiger charge is -2.20. The summed E-state index contributed by atoms with van der Waals surface area (Å²) in [6, 6.07) is 14.7. The third kappa shape index (κ3) is 2.29. The summed E-state index contributed by atoms with van der Waals surface area (Å²) in [5.41, 5.74) is 2.89. The van der Waals surface area contributed by atoms with Gasteiger partial charge in [-0.15, -0.1) is 0 Å². The molecular weight excluding hydrogens is 314 g/mol. The molecule has 1 amide bonds. The van der Waals surface area contributed by atoms with E-state index in [-0.39, 0.29) is 17.1 Å². The van der Waals surface area contributed by atoms with E-state index >= 15 is 0 Å². The van der Waals surface area contributed by atoms with Crippen molar-refractivity contribution in [1.82, 2.24) is 4.90 Å². The second-order valence-corrected chi connectivity index (χ2v) is 6.81. The van der Waals surface area contributed by atoms with Crippen LogP contribution in [0.25, 0.3) is 11.0 Å². The first kappa shape index (κ1) is 15.6. The number of hydrogen-bond donors (Lipinski definition) is 0. The summed E-state index contributed by atoms with van der Waals surface area (Å²) in [5.74, 6) is 0.332. The van der Waals surface area contributed by atoms with Crippen molar-refractivity contribution < 1.29 is 9.21 Å². The quantitative estimate of drug-likeness (QED) is 0.710. The Morgan fingerprint density at radius 2 is 1.68 bits per heavy atom. The minimum Gasteiger partial charge on any atom is -0.450 e. The Balaban J connectivity index is 1.93. The van der Waals surface area contributed by atoms with Gasteiger partial charge in [-0.2, -0.15) is 0 Å². The number of fused-ring (bicyclic) bond motifs is 2. The molecule has 1 aliphatic rings. The van der Waals surface area contributed by atoms with Gasteiger partial charge in [0.1, 0.15) is 5.58 Å². The first-order chi connectivity index (χ1) is 12.0. The van der Waals surface area contributed by atoms with Gasteiger partial charge in [0.05, 0.1) is 17.0 Å². The van der Waals surface area contributed by atoms with E-state index in [9.17, 15) is 9.59 Å². The molecule has 0 saturated heterocycles. The molecule has 126 valence electrons. The summed E-state index contributed by atoms with van der Waals surface area (Å²) in [5, 5.41) is 0.508. The fourth-order valence-electron chi connectivity index (χ4n) is 3.49. The fourth-order valence-corrected chi connectivity index (χ4v) is 3.49. The van der Waals surface area contributed by atoms with Crippen LogP contribution in [0.15, 0.2) is 57.7 Å². The van der Waals surface area contributed by atoms with Crippen LogP contribution in [0, 0.1) is 0 Å². The van der Waals surface area contributed by atoms with E-state index in [1.807, 2.05) is 12.1 Å². The van der Waals surface area contributed by atoms with Crippen molar-refractivity contribution >= 4 is 16.9 Å². The highest BCUT2D eigenvalue weighted by atomic mass is 16.3. The fraction of sp³-hybridized carbons (Fsp3) is 0.238. The summed E-state index contributed by atoms with van der Waals surface area (Å²) in [7, 11) is 1.71. The lowest BCUT2D eigenvalue weighted by molar-refractivity contribution is 0.0771. The molecule has 0 aliphatic carbocycles. The minimum atomic E-state index is -0.412. The number of hydrogen-bond acceptors (Lipinski definition) is 3. The van der Waals surface area contributed by atoms with Crippen molar-refractivity contribution in [2.45, 2.75) is 25.8 Å². The number of para-hydroxylation sites is 1. The van der Waals surface area contributed by atoms with Crippen molar-refractivity contribution in [2.24, 2.45) is 0 Å². The Hall–Kier alpha value is -2.88. The predicted octanol–water partition coefficient (Wildman–Crippen LogP) is 4.09. The molecule has 0 bridgehead atoms. The van der Waals surface area contributed by atoms with Gasteiger partial charge < -0.3 is 9.32 Å². The summed E-state index contributed by atoms with van der Waals surface area (Å²) >= 11 is 0. The summed E-state index contributed by atoms with van der Waals surface area (Å²) < 4.78 is 5.79. The van der Waals surface area contributed by atoms with Gasteiger partial charge in [0, 0.05) is 7.05 Å². The third-order valence-corrected chi connectivity index (χ3v) is 4.93. The maximum Gasteiger partial charge on any atom is 0.290 e. The van der Waals surface area contributed by atoms with Crippen LogP contribution in [0.4, 0.5) is 0 Å². The molecule has 25 heavy (non-hydrogen) atoms. The van der Waals surface area contributed by atoms with E-state index in [0.29, 0.717) is 22.5 Å². The maximum atomic E-state index is 13.0. The second-order valence-electron chi connectivity index (χ2n) is 6.81. The molecular formula is C21H19NO3. The average Bonchev–Trinajstić information content (AvgIpc) is 2.87. The third-order valence-electron chi connectivity index (χ3n) is 4.93. The molecule has 1 aromatic heterocycles. The standard InChI is InChI=1S/C21H19NO3/c1-12(2)13-8-10-14(11-9-13)18-17-19(23)15-6-4-5-7-16(15)25-20(17)21(24)22(18)3/h4-12,18H,1-3H3/t18-/m0/s1. The van der Waals surface area contributed by atoms with Crippen LogP contribution in [-0.4, -0.2) is 17.9 Å². The lowest BCUT2D eigenvalue weighted by Crippen LogP contribution is -2.25. The van der Waals surface area contributed by atoms with Gasteiger partial charge in [0.2, 0.25) is 5.76 Å². The number of carbonyl (C=O) groups excluding carboxylic acids is 1. The highest BCUT2D eigenvalue weighted by Gasteiger charge is 2.40. The number of rotatable bonds is 2. The Bertz CT molecular complexity index is 1030. The zero-order valence-electron chi connectivity index (χ0n) is 14.4. The molecule has 0 fully saturated rings. The summed E-state index contributed by atoms with van der Waals surface area (Å²) in [6.07, 6.45) is 0. The Kier molecular flexibility index (Phi) is 3.49. The molecule has 0 saturated carbocycles. The molecule has 2 heterocycles. The SMILES string of the molecule is CC(C)c1ccc([C@H]2c3c(oc4ccccc4c3=O)C(=O)N2C)cc1. The summed E-state index contributed by atoms with van der Waals surface area (Å²) in [4.78, 5) is 27.3. The zero-order valence-corrected chi connectivity index (χ0v) is 14.4. The molecule has 2 aromatic carbocycles. The first-order valence-electron chi connectivity index (χ1n) is 8.41. The molecule has 4 heteroatoms. The minimum absolute atomic E-state index is 0.132. The van der Waals surface area contributed by atoms with Crippen molar-refractivity contribution in [1.29, 1.82) is 0 Å². The van der Waals surface area contributed by atoms with Crippen LogP contribution < -0.4 is 5.43 Å². The Morgan fingerprint density at radius 3 is 2.36 bits per heavy atom. The molecule has 3 aromatic rings. The van der Waals surface area contributed by atoms with Gasteiger partial charge in [-0.05, 0) is 29.2 Å². The monoisotopic (exact) mass is 333 g/mol. The van der Waals surface area contributed by atoms with Crippen LogP contribution in [-0.2, 0) is 0 Å². The molecule has 0 unspecified atom stereocenters. The first-order valence-corrected chi connectivity index (χ1v) is 8.41. The molecule has 0 spiro atoms. The van der Waals surface area contributed by atoms with Gasteiger partial charge in [0.15, 0.2) is 5.43 Å². The largest absolute Gasteiger partial charge is 0.450 e. The number of carbonyl (C=O) groups is 1. The van der Waals surface area contributed by atoms with Crippen molar-refractivity contribution in [3.05, 3.63) is 81.2 Å². The summed E-state index contributed by atoms with van der Waals surface area (Å²) in [6.45, 7) is 4.27. The van der Waals surface area contributed by atoms with Gasteiger partial charge in [-0.3, -0.25) is 9.59 Å². The van der Waals surface area contributed by atoms with E-state index in [1.54, 1.807) is 36.2 Å². The smallest absolute Gasteiger partial charge is 0.290 e. The van der Waals surface area contributed by atoms with Crippen LogP contribution >= 0.6 is 0 Å². The number of nitrogens with zero attached hydrogens (tertiary/aromatic N) is 1. The van der Waals surface area contributed by atoms with Crippen LogP contribution in [0.1, 0.15) is 53.1 Å². The maximum absolute atomic E-state index is 13.0.